The van der Waals surface area contributed by atoms with E-state index in [1.165, 1.54) is 5.56 Å². The molecular weight excluding hydrogens is 400 g/mol. The fraction of sp³-hybridized carbons (Fsp3) is 0.296. The van der Waals surface area contributed by atoms with Crippen molar-refractivity contribution in [2.24, 2.45) is 0 Å². The van der Waals surface area contributed by atoms with Gasteiger partial charge in [-0.05, 0) is 52.4 Å². The van der Waals surface area contributed by atoms with Crippen LogP contribution in [0.25, 0.3) is 10.9 Å². The van der Waals surface area contributed by atoms with Gasteiger partial charge in [0.1, 0.15) is 11.5 Å². The van der Waals surface area contributed by atoms with Crippen molar-refractivity contribution in [3.8, 4) is 5.75 Å². The Morgan fingerprint density at radius 2 is 1.91 bits per heavy atom. The van der Waals surface area contributed by atoms with E-state index in [1.54, 1.807) is 13.4 Å². The lowest BCUT2D eigenvalue weighted by molar-refractivity contribution is -0.121. The van der Waals surface area contributed by atoms with Gasteiger partial charge in [0.25, 0.3) is 0 Å². The minimum atomic E-state index is -0.0959. The molecule has 0 spiro atoms. The molecule has 5 nitrogen and oxygen atoms in total. The molecule has 0 fully saturated rings. The third-order valence-corrected chi connectivity index (χ3v) is 5.90. The van der Waals surface area contributed by atoms with Crippen LogP contribution in [0.4, 0.5) is 0 Å². The van der Waals surface area contributed by atoms with Gasteiger partial charge in [-0.1, -0.05) is 45.0 Å². The maximum absolute atomic E-state index is 12.9. The molecule has 0 unspecified atom stereocenters. The summed E-state index contributed by atoms with van der Waals surface area (Å²) in [6.07, 6.45) is 3.95. The summed E-state index contributed by atoms with van der Waals surface area (Å²) in [7, 11) is 1.66. The molecule has 1 amide bonds. The molecule has 32 heavy (non-hydrogen) atoms. The first kappa shape index (κ1) is 21.8. The molecule has 2 aromatic carbocycles. The van der Waals surface area contributed by atoms with E-state index in [0.717, 1.165) is 33.5 Å². The molecule has 4 aromatic rings. The fourth-order valence-electron chi connectivity index (χ4n) is 4.02. The zero-order valence-electron chi connectivity index (χ0n) is 19.1. The summed E-state index contributed by atoms with van der Waals surface area (Å²) < 4.78 is 10.8. The van der Waals surface area contributed by atoms with Gasteiger partial charge in [-0.3, -0.25) is 4.79 Å². The number of rotatable bonds is 7. The third kappa shape index (κ3) is 4.72. The zero-order chi connectivity index (χ0) is 22.7. The van der Waals surface area contributed by atoms with Crippen LogP contribution in [-0.4, -0.2) is 18.0 Å². The second-order valence-corrected chi connectivity index (χ2v) is 9.14. The molecule has 0 aliphatic carbocycles. The van der Waals surface area contributed by atoms with Crippen LogP contribution < -0.4 is 10.1 Å². The van der Waals surface area contributed by atoms with Crippen LogP contribution in [0, 0.1) is 0 Å². The first-order chi connectivity index (χ1) is 15.3. The number of benzene rings is 2. The number of ether oxygens (including phenoxy) is 1. The van der Waals surface area contributed by atoms with Crippen LogP contribution in [0.1, 0.15) is 55.6 Å². The first-order valence-electron chi connectivity index (χ1n) is 10.9. The lowest BCUT2D eigenvalue weighted by atomic mass is 9.83. The summed E-state index contributed by atoms with van der Waals surface area (Å²) in [6.45, 7) is 6.98. The highest BCUT2D eigenvalue weighted by molar-refractivity contribution is 5.87. The maximum Gasteiger partial charge on any atom is 0.221 e. The summed E-state index contributed by atoms with van der Waals surface area (Å²) >= 11 is 0. The van der Waals surface area contributed by atoms with Crippen molar-refractivity contribution in [3.05, 3.63) is 89.5 Å². The number of H-pyrrole nitrogens is 1. The Kier molecular flexibility index (Phi) is 6.08. The lowest BCUT2D eigenvalue weighted by Crippen LogP contribution is -2.24. The van der Waals surface area contributed by atoms with Crippen LogP contribution in [0.15, 0.2) is 71.5 Å². The molecule has 2 aromatic heterocycles. The molecule has 0 saturated heterocycles. The number of nitrogens with one attached hydrogen (secondary N) is 2. The Labute approximate surface area is 188 Å². The highest BCUT2D eigenvalue weighted by atomic mass is 16.5. The average molecular weight is 431 g/mol. The lowest BCUT2D eigenvalue weighted by Gasteiger charge is -2.22. The number of hydrogen-bond acceptors (Lipinski definition) is 3. The second-order valence-electron chi connectivity index (χ2n) is 9.14. The largest absolute Gasteiger partial charge is 0.497 e. The van der Waals surface area contributed by atoms with Gasteiger partial charge in [0, 0.05) is 29.4 Å². The molecule has 0 radical (unpaired) electrons. The van der Waals surface area contributed by atoms with Crippen molar-refractivity contribution >= 4 is 16.8 Å². The predicted molar refractivity (Wildman–Crippen MR) is 127 cm³/mol. The van der Waals surface area contributed by atoms with E-state index in [-0.39, 0.29) is 17.2 Å². The summed E-state index contributed by atoms with van der Waals surface area (Å²) in [5.74, 6) is 1.41. The number of furan rings is 1. The maximum atomic E-state index is 12.9. The summed E-state index contributed by atoms with van der Waals surface area (Å²) in [5, 5.41) is 4.05. The van der Waals surface area contributed by atoms with E-state index in [1.807, 2.05) is 36.5 Å². The Balaban J connectivity index is 1.67. The van der Waals surface area contributed by atoms with E-state index in [0.29, 0.717) is 13.0 Å². The van der Waals surface area contributed by atoms with Gasteiger partial charge < -0.3 is 19.5 Å². The highest BCUT2D eigenvalue weighted by Crippen LogP contribution is 2.36. The van der Waals surface area contributed by atoms with Gasteiger partial charge in [-0.15, -0.1) is 0 Å². The van der Waals surface area contributed by atoms with Crippen LogP contribution in [0.3, 0.4) is 0 Å². The number of methoxy groups -OCH3 is 1. The van der Waals surface area contributed by atoms with E-state index >= 15 is 0 Å². The van der Waals surface area contributed by atoms with E-state index in [2.05, 4.69) is 55.3 Å². The standard InChI is InChI=1S/C27H30N2O3/c1-27(2,3)19-9-7-18(8-10-19)22(15-26(30)29-16-21-6-5-13-32-21)24-17-28-25-12-11-20(31-4)14-23(24)25/h5-14,17,22,28H,15-16H2,1-4H3,(H,29,30)/t22-/m0/s1. The Bertz CT molecular complexity index is 1180. The van der Waals surface area contributed by atoms with Crippen molar-refractivity contribution in [1.29, 1.82) is 0 Å². The van der Waals surface area contributed by atoms with Crippen LogP contribution in [0.5, 0.6) is 5.75 Å². The molecule has 4 rings (SSSR count). The third-order valence-electron chi connectivity index (χ3n) is 5.90. The molecule has 2 heterocycles. The second kappa shape index (κ2) is 8.95. The summed E-state index contributed by atoms with van der Waals surface area (Å²) in [4.78, 5) is 16.3. The van der Waals surface area contributed by atoms with Gasteiger partial charge in [0.15, 0.2) is 0 Å². The molecule has 0 aliphatic rings. The molecule has 0 saturated carbocycles. The minimum absolute atomic E-state index is 0.0245. The molecule has 166 valence electrons. The number of carbonyl (C=O) groups excluding carboxylic acids is 1. The van der Waals surface area contributed by atoms with E-state index in [9.17, 15) is 4.79 Å². The number of aromatic nitrogens is 1. The number of fused-ring (bicyclic) bond motifs is 1. The van der Waals surface area contributed by atoms with Gasteiger partial charge >= 0.3 is 0 Å². The Morgan fingerprint density at radius 3 is 2.56 bits per heavy atom. The van der Waals surface area contributed by atoms with Gasteiger partial charge in [-0.2, -0.15) is 0 Å². The molecule has 5 heteroatoms. The van der Waals surface area contributed by atoms with Gasteiger partial charge in [-0.25, -0.2) is 0 Å². The van der Waals surface area contributed by atoms with Crippen molar-refractivity contribution in [2.45, 2.75) is 45.1 Å². The normalized spacial score (nSPS) is 12.6. The summed E-state index contributed by atoms with van der Waals surface area (Å²) in [6, 6.07) is 18.3. The molecular formula is C27H30N2O3. The predicted octanol–water partition coefficient (Wildman–Crippen LogP) is 5.91. The van der Waals surface area contributed by atoms with E-state index < -0.39 is 0 Å². The zero-order valence-corrected chi connectivity index (χ0v) is 19.1. The quantitative estimate of drug-likeness (QED) is 0.383. The van der Waals surface area contributed by atoms with E-state index in [4.69, 9.17) is 9.15 Å². The van der Waals surface area contributed by atoms with Gasteiger partial charge in [0.2, 0.25) is 5.91 Å². The highest BCUT2D eigenvalue weighted by Gasteiger charge is 2.23. The van der Waals surface area contributed by atoms with Crippen LogP contribution in [0.2, 0.25) is 0 Å². The van der Waals surface area contributed by atoms with Crippen LogP contribution in [-0.2, 0) is 16.8 Å². The van der Waals surface area contributed by atoms with Crippen molar-refractivity contribution < 1.29 is 13.9 Å². The number of hydrogen-bond donors (Lipinski definition) is 2. The first-order valence-corrected chi connectivity index (χ1v) is 10.9. The Hall–Kier alpha value is -3.47. The van der Waals surface area contributed by atoms with Crippen molar-refractivity contribution in [1.82, 2.24) is 10.3 Å². The van der Waals surface area contributed by atoms with Crippen molar-refractivity contribution in [2.75, 3.05) is 7.11 Å². The van der Waals surface area contributed by atoms with Gasteiger partial charge in [0.05, 0.1) is 19.9 Å². The van der Waals surface area contributed by atoms with Crippen molar-refractivity contribution in [3.63, 3.8) is 0 Å². The molecule has 2 N–H and O–H groups in total. The number of aromatic amines is 1. The summed E-state index contributed by atoms with van der Waals surface area (Å²) in [5.41, 5.74) is 4.55. The molecule has 1 atom stereocenters. The number of amides is 1. The minimum Gasteiger partial charge on any atom is -0.497 e. The Morgan fingerprint density at radius 1 is 1.12 bits per heavy atom. The van der Waals surface area contributed by atoms with Crippen LogP contribution >= 0.6 is 0 Å². The fourth-order valence-corrected chi connectivity index (χ4v) is 4.02. The number of carbonyl (C=O) groups is 1. The average Bonchev–Trinajstić information content (AvgIpc) is 3.45. The topological polar surface area (TPSA) is 67.3 Å². The SMILES string of the molecule is COc1ccc2[nH]cc([C@@H](CC(=O)NCc3ccco3)c3ccc(C(C)(C)C)cc3)c2c1. The molecule has 0 aliphatic heterocycles. The monoisotopic (exact) mass is 430 g/mol. The molecule has 0 bridgehead atoms. The smallest absolute Gasteiger partial charge is 0.221 e.